The van der Waals surface area contributed by atoms with E-state index in [1.165, 1.54) is 0 Å². The first-order valence-electron chi connectivity index (χ1n) is 10.1. The quantitative estimate of drug-likeness (QED) is 0.547. The summed E-state index contributed by atoms with van der Waals surface area (Å²) in [6.07, 6.45) is 2.22. The van der Waals surface area contributed by atoms with Crippen molar-refractivity contribution in [2.45, 2.75) is 33.1 Å². The van der Waals surface area contributed by atoms with Crippen LogP contribution in [0.5, 0.6) is 0 Å². The molecule has 0 spiro atoms. The summed E-state index contributed by atoms with van der Waals surface area (Å²) in [6.45, 7) is 3.71. The van der Waals surface area contributed by atoms with Crippen LogP contribution in [0.2, 0.25) is 5.02 Å². The minimum Gasteiger partial charge on any atom is -0.455 e. The van der Waals surface area contributed by atoms with Crippen LogP contribution < -0.4 is 10.7 Å². The maximum atomic E-state index is 12.8. The molecule has 0 radical (unpaired) electrons. The van der Waals surface area contributed by atoms with Gasteiger partial charge in [0.25, 0.3) is 11.8 Å². The van der Waals surface area contributed by atoms with Gasteiger partial charge < -0.3 is 9.73 Å². The molecule has 0 saturated carbocycles. The van der Waals surface area contributed by atoms with Gasteiger partial charge in [-0.15, -0.1) is 0 Å². The zero-order valence-corrected chi connectivity index (χ0v) is 18.0. The van der Waals surface area contributed by atoms with Crippen molar-refractivity contribution in [2.24, 2.45) is 5.10 Å². The van der Waals surface area contributed by atoms with Crippen LogP contribution in [0.1, 0.15) is 56.2 Å². The Hall–Kier alpha value is -3.38. The van der Waals surface area contributed by atoms with Gasteiger partial charge in [0.1, 0.15) is 5.76 Å². The highest BCUT2D eigenvalue weighted by molar-refractivity contribution is 6.33. The summed E-state index contributed by atoms with van der Waals surface area (Å²) in [5, 5.41) is 7.62. The molecule has 0 aliphatic heterocycles. The molecule has 1 aliphatic rings. The van der Waals surface area contributed by atoms with Crippen molar-refractivity contribution in [2.75, 3.05) is 5.32 Å². The highest BCUT2D eigenvalue weighted by Gasteiger charge is 2.28. The Morgan fingerprint density at radius 1 is 1.00 bits per heavy atom. The highest BCUT2D eigenvalue weighted by atomic mass is 35.5. The van der Waals surface area contributed by atoms with Crippen LogP contribution in [0.25, 0.3) is 0 Å². The van der Waals surface area contributed by atoms with Crippen LogP contribution in [0.3, 0.4) is 0 Å². The molecule has 7 heteroatoms. The summed E-state index contributed by atoms with van der Waals surface area (Å²) in [4.78, 5) is 25.4. The van der Waals surface area contributed by atoms with E-state index in [0.717, 1.165) is 17.5 Å². The molecule has 4 rings (SSSR count). The van der Waals surface area contributed by atoms with Gasteiger partial charge >= 0.3 is 0 Å². The number of carbonyl (C=O) groups excluding carboxylic acids is 2. The Labute approximate surface area is 185 Å². The van der Waals surface area contributed by atoms with Crippen LogP contribution in [-0.4, -0.2) is 17.5 Å². The van der Waals surface area contributed by atoms with Crippen molar-refractivity contribution in [3.05, 3.63) is 87.3 Å². The Morgan fingerprint density at radius 3 is 2.52 bits per heavy atom. The van der Waals surface area contributed by atoms with Gasteiger partial charge in [-0.2, -0.15) is 5.10 Å². The monoisotopic (exact) mass is 435 g/mol. The Kier molecular flexibility index (Phi) is 5.91. The fourth-order valence-corrected chi connectivity index (χ4v) is 3.93. The number of nitrogens with zero attached hydrogens (tertiary/aromatic N) is 1. The third-order valence-electron chi connectivity index (χ3n) is 5.34. The normalized spacial score (nSPS) is 14.2. The predicted octanol–water partition coefficient (Wildman–Crippen LogP) is 5.27. The van der Waals surface area contributed by atoms with E-state index >= 15 is 0 Å². The van der Waals surface area contributed by atoms with Crippen molar-refractivity contribution in [1.82, 2.24) is 5.43 Å². The number of hydrazone groups is 1. The van der Waals surface area contributed by atoms with Gasteiger partial charge in [0, 0.05) is 23.1 Å². The summed E-state index contributed by atoms with van der Waals surface area (Å²) in [5.74, 6) is 0.292. The molecule has 158 valence electrons. The average molecular weight is 436 g/mol. The van der Waals surface area contributed by atoms with Crippen LogP contribution >= 0.6 is 11.6 Å². The number of aryl methyl sites for hydroxylation is 2. The summed E-state index contributed by atoms with van der Waals surface area (Å²) < 4.78 is 5.90. The standard InChI is InChI=1S/C24H22ClN3O3/c1-14-8-3-4-9-16(14)23(29)28-27-19-12-7-13-20-21(19)15(2)22(31-20)24(30)26-18-11-6-5-10-17(18)25/h3-6,8-11H,7,12-13H2,1-2H3,(H,26,30)(H,28,29)/b27-19+. The van der Waals surface area contributed by atoms with Gasteiger partial charge in [0.05, 0.1) is 16.4 Å². The van der Waals surface area contributed by atoms with E-state index in [2.05, 4.69) is 15.8 Å². The second-order valence-electron chi connectivity index (χ2n) is 7.46. The van der Waals surface area contributed by atoms with E-state index in [0.29, 0.717) is 46.2 Å². The van der Waals surface area contributed by atoms with Crippen molar-refractivity contribution in [3.8, 4) is 0 Å². The number of fused-ring (bicyclic) bond motifs is 1. The molecular formula is C24H22ClN3O3. The second-order valence-corrected chi connectivity index (χ2v) is 7.86. The van der Waals surface area contributed by atoms with Gasteiger partial charge in [0.15, 0.2) is 5.76 Å². The maximum absolute atomic E-state index is 12.8. The second kappa shape index (κ2) is 8.78. The van der Waals surface area contributed by atoms with Gasteiger partial charge in [-0.05, 0) is 50.5 Å². The summed E-state index contributed by atoms with van der Waals surface area (Å²) in [7, 11) is 0. The van der Waals surface area contributed by atoms with E-state index in [4.69, 9.17) is 16.0 Å². The molecule has 2 amide bonds. The van der Waals surface area contributed by atoms with E-state index in [9.17, 15) is 9.59 Å². The number of hydrogen-bond donors (Lipinski definition) is 2. The fraction of sp³-hybridized carbons (Fsp3) is 0.208. The van der Waals surface area contributed by atoms with Crippen molar-refractivity contribution in [3.63, 3.8) is 0 Å². The number of halogens is 1. The number of anilines is 1. The molecule has 2 N–H and O–H groups in total. The number of amides is 2. The number of rotatable bonds is 4. The van der Waals surface area contributed by atoms with Crippen molar-refractivity contribution >= 4 is 34.8 Å². The zero-order valence-electron chi connectivity index (χ0n) is 17.3. The van der Waals surface area contributed by atoms with E-state index in [-0.39, 0.29) is 17.6 Å². The topological polar surface area (TPSA) is 83.7 Å². The molecule has 0 saturated heterocycles. The summed E-state index contributed by atoms with van der Waals surface area (Å²) in [5.41, 5.74) is 6.82. The molecular weight excluding hydrogens is 414 g/mol. The van der Waals surface area contributed by atoms with Gasteiger partial charge in [0.2, 0.25) is 0 Å². The molecule has 1 aromatic heterocycles. The maximum Gasteiger partial charge on any atom is 0.291 e. The smallest absolute Gasteiger partial charge is 0.291 e. The summed E-state index contributed by atoms with van der Waals surface area (Å²) >= 11 is 6.15. The van der Waals surface area contributed by atoms with E-state index < -0.39 is 0 Å². The zero-order chi connectivity index (χ0) is 22.0. The molecule has 2 aromatic carbocycles. The molecule has 0 unspecified atom stereocenters. The first-order chi connectivity index (χ1) is 15.0. The van der Waals surface area contributed by atoms with Crippen LogP contribution in [0.4, 0.5) is 5.69 Å². The number of nitrogens with one attached hydrogen (secondary N) is 2. The molecule has 1 heterocycles. The Morgan fingerprint density at radius 2 is 1.74 bits per heavy atom. The number of furan rings is 1. The first-order valence-corrected chi connectivity index (χ1v) is 10.4. The lowest BCUT2D eigenvalue weighted by Gasteiger charge is -2.13. The summed E-state index contributed by atoms with van der Waals surface area (Å²) in [6, 6.07) is 14.4. The lowest BCUT2D eigenvalue weighted by atomic mass is 9.93. The fourth-order valence-electron chi connectivity index (χ4n) is 3.74. The number of hydrogen-bond acceptors (Lipinski definition) is 4. The van der Waals surface area contributed by atoms with E-state index in [1.807, 2.05) is 32.0 Å². The Bertz CT molecular complexity index is 1200. The minimum absolute atomic E-state index is 0.227. The largest absolute Gasteiger partial charge is 0.455 e. The third-order valence-corrected chi connectivity index (χ3v) is 5.67. The Balaban J connectivity index is 1.59. The van der Waals surface area contributed by atoms with Gasteiger partial charge in [-0.1, -0.05) is 41.9 Å². The number of para-hydroxylation sites is 1. The third kappa shape index (κ3) is 4.25. The number of benzene rings is 2. The van der Waals surface area contributed by atoms with Crippen molar-refractivity contribution < 1.29 is 14.0 Å². The van der Waals surface area contributed by atoms with Gasteiger partial charge in [-0.25, -0.2) is 5.43 Å². The van der Waals surface area contributed by atoms with Gasteiger partial charge in [-0.3, -0.25) is 9.59 Å². The molecule has 0 atom stereocenters. The molecule has 0 fully saturated rings. The van der Waals surface area contributed by atoms with Crippen LogP contribution in [0.15, 0.2) is 58.0 Å². The number of carbonyl (C=O) groups is 2. The van der Waals surface area contributed by atoms with Crippen LogP contribution in [0, 0.1) is 13.8 Å². The van der Waals surface area contributed by atoms with Crippen LogP contribution in [-0.2, 0) is 6.42 Å². The minimum atomic E-state index is -0.372. The highest BCUT2D eigenvalue weighted by Crippen LogP contribution is 2.31. The van der Waals surface area contributed by atoms with E-state index in [1.54, 1.807) is 30.3 Å². The SMILES string of the molecule is Cc1ccccc1C(=O)N/N=C1\CCCc2oc(C(=O)Nc3ccccc3Cl)c(C)c21. The molecule has 0 bridgehead atoms. The predicted molar refractivity (Wildman–Crippen MR) is 121 cm³/mol. The lowest BCUT2D eigenvalue weighted by molar-refractivity contribution is 0.0953. The van der Waals surface area contributed by atoms with Crippen molar-refractivity contribution in [1.29, 1.82) is 0 Å². The molecule has 6 nitrogen and oxygen atoms in total. The molecule has 31 heavy (non-hydrogen) atoms. The lowest BCUT2D eigenvalue weighted by Crippen LogP contribution is -2.22. The first kappa shape index (κ1) is 20.9. The average Bonchev–Trinajstić information content (AvgIpc) is 3.11. The molecule has 1 aliphatic carbocycles. The molecule has 3 aromatic rings.